The van der Waals surface area contributed by atoms with E-state index in [1.54, 1.807) is 12.5 Å². The van der Waals surface area contributed by atoms with Crippen molar-refractivity contribution in [3.05, 3.63) is 18.3 Å². The van der Waals surface area contributed by atoms with Crippen molar-refractivity contribution < 1.29 is 9.63 Å². The first-order valence-electron chi connectivity index (χ1n) is 4.99. The van der Waals surface area contributed by atoms with Crippen LogP contribution in [0.5, 0.6) is 0 Å². The molecule has 0 amide bonds. The van der Waals surface area contributed by atoms with Crippen molar-refractivity contribution in [1.29, 1.82) is 0 Å². The summed E-state index contributed by atoms with van der Waals surface area (Å²) in [4.78, 5) is 8.23. The lowest BCUT2D eigenvalue weighted by Gasteiger charge is -1.94. The van der Waals surface area contributed by atoms with Gasteiger partial charge in [-0.2, -0.15) is 4.98 Å². The summed E-state index contributed by atoms with van der Waals surface area (Å²) < 4.78 is 6.87. The number of hydrogen-bond acceptors (Lipinski definition) is 6. The molecule has 7 nitrogen and oxygen atoms in total. The van der Waals surface area contributed by atoms with Gasteiger partial charge in [0.2, 0.25) is 0 Å². The van der Waals surface area contributed by atoms with Crippen LogP contribution in [0.15, 0.2) is 17.0 Å². The Balaban J connectivity index is 2.14. The van der Waals surface area contributed by atoms with Crippen molar-refractivity contribution in [2.24, 2.45) is 5.73 Å². The molecule has 2 rings (SSSR count). The van der Waals surface area contributed by atoms with E-state index in [0.717, 1.165) is 0 Å². The van der Waals surface area contributed by atoms with Gasteiger partial charge < -0.3 is 19.9 Å². The molecule has 0 bridgehead atoms. The fourth-order valence-corrected chi connectivity index (χ4v) is 1.30. The van der Waals surface area contributed by atoms with Gasteiger partial charge in [-0.05, 0) is 0 Å². The minimum absolute atomic E-state index is 0.000583. The molecule has 0 saturated heterocycles. The molecule has 0 aliphatic carbocycles. The van der Waals surface area contributed by atoms with Crippen LogP contribution in [0.2, 0.25) is 0 Å². The third-order valence-electron chi connectivity index (χ3n) is 2.04. The molecule has 3 N–H and O–H groups in total. The molecule has 0 aliphatic heterocycles. The van der Waals surface area contributed by atoms with Gasteiger partial charge in [0.05, 0.1) is 12.9 Å². The molecule has 0 atom stereocenters. The highest BCUT2D eigenvalue weighted by molar-refractivity contribution is 5.44. The van der Waals surface area contributed by atoms with E-state index in [9.17, 15) is 0 Å². The second-order valence-electron chi connectivity index (χ2n) is 3.27. The summed E-state index contributed by atoms with van der Waals surface area (Å²) in [5.74, 6) is 0.838. The zero-order chi connectivity index (χ0) is 11.4. The van der Waals surface area contributed by atoms with Crippen molar-refractivity contribution in [2.45, 2.75) is 13.0 Å². The molecular weight excluding hydrogens is 210 g/mol. The summed E-state index contributed by atoms with van der Waals surface area (Å²) in [6, 6.07) is 0. The minimum Gasteiger partial charge on any atom is -0.396 e. The van der Waals surface area contributed by atoms with E-state index in [-0.39, 0.29) is 6.61 Å². The Hall–Kier alpha value is -1.73. The lowest BCUT2D eigenvalue weighted by atomic mass is 10.4. The molecular formula is C9H13N5O2. The summed E-state index contributed by atoms with van der Waals surface area (Å²) in [5, 5.41) is 12.4. The highest BCUT2D eigenvalue weighted by Gasteiger charge is 2.10. The molecule has 7 heteroatoms. The highest BCUT2D eigenvalue weighted by Crippen LogP contribution is 2.14. The minimum atomic E-state index is 0.000583. The normalized spacial score (nSPS) is 10.9. The van der Waals surface area contributed by atoms with Crippen LogP contribution >= 0.6 is 0 Å². The smallest absolute Gasteiger partial charge is 0.278 e. The summed E-state index contributed by atoms with van der Waals surface area (Å²) in [7, 11) is 0. The summed E-state index contributed by atoms with van der Waals surface area (Å²) in [6.07, 6.45) is 3.84. The topological polar surface area (TPSA) is 103 Å². The lowest BCUT2D eigenvalue weighted by Crippen LogP contribution is -2.07. The van der Waals surface area contributed by atoms with Gasteiger partial charge in [0.15, 0.2) is 5.82 Å². The molecule has 0 unspecified atom stereocenters. The van der Waals surface area contributed by atoms with Crippen molar-refractivity contribution in [2.75, 3.05) is 13.2 Å². The molecule has 0 spiro atoms. The quantitative estimate of drug-likeness (QED) is 0.703. The maximum absolute atomic E-state index is 8.72. The van der Waals surface area contributed by atoms with E-state index in [2.05, 4.69) is 15.1 Å². The fourth-order valence-electron chi connectivity index (χ4n) is 1.30. The zero-order valence-electron chi connectivity index (χ0n) is 8.70. The number of aliphatic hydroxyl groups excluding tert-OH is 1. The monoisotopic (exact) mass is 223 g/mol. The molecule has 2 aromatic heterocycles. The van der Waals surface area contributed by atoms with Gasteiger partial charge in [-0.3, -0.25) is 0 Å². The predicted octanol–water partition coefficient (Wildman–Crippen LogP) is -0.573. The van der Waals surface area contributed by atoms with E-state index < -0.39 is 0 Å². The molecule has 86 valence electrons. The number of nitrogens with zero attached hydrogens (tertiary/aromatic N) is 4. The second kappa shape index (κ2) is 4.86. The molecule has 16 heavy (non-hydrogen) atoms. The first-order valence-corrected chi connectivity index (χ1v) is 4.99. The maximum Gasteiger partial charge on any atom is 0.278 e. The van der Waals surface area contributed by atoms with Gasteiger partial charge in [0.1, 0.15) is 5.69 Å². The van der Waals surface area contributed by atoms with Crippen LogP contribution in [-0.4, -0.2) is 37.9 Å². The Morgan fingerprint density at radius 3 is 3.12 bits per heavy atom. The van der Waals surface area contributed by atoms with E-state index in [0.29, 0.717) is 36.9 Å². The van der Waals surface area contributed by atoms with Crippen LogP contribution < -0.4 is 5.73 Å². The second-order valence-corrected chi connectivity index (χ2v) is 3.27. The predicted molar refractivity (Wildman–Crippen MR) is 55.4 cm³/mol. The van der Waals surface area contributed by atoms with Gasteiger partial charge in [-0.25, -0.2) is 4.98 Å². The van der Waals surface area contributed by atoms with Crippen LogP contribution in [0.25, 0.3) is 11.6 Å². The van der Waals surface area contributed by atoms with Crippen LogP contribution in [0.3, 0.4) is 0 Å². The average molecular weight is 223 g/mol. The number of imidazole rings is 1. The Kier molecular flexibility index (Phi) is 3.28. The standard InChI is InChI=1S/C9H13N5O2/c10-2-3-14-5-7(11-6-14)9-12-8(1-4-15)13-16-9/h5-6,15H,1-4,10H2. The number of hydrogen-bond donors (Lipinski definition) is 2. The molecule has 0 aromatic carbocycles. The number of nitrogens with two attached hydrogens (primary N) is 1. The fraction of sp³-hybridized carbons (Fsp3) is 0.444. The first-order chi connectivity index (χ1) is 7.83. The average Bonchev–Trinajstić information content (AvgIpc) is 2.87. The van der Waals surface area contributed by atoms with Gasteiger partial charge in [-0.15, -0.1) is 0 Å². The molecule has 0 radical (unpaired) electrons. The largest absolute Gasteiger partial charge is 0.396 e. The van der Waals surface area contributed by atoms with Crippen LogP contribution in [0.1, 0.15) is 5.82 Å². The van der Waals surface area contributed by atoms with E-state index in [1.807, 2.05) is 4.57 Å². The summed E-state index contributed by atoms with van der Waals surface area (Å²) in [5.41, 5.74) is 6.04. The molecule has 2 aromatic rings. The lowest BCUT2D eigenvalue weighted by molar-refractivity contribution is 0.293. The van der Waals surface area contributed by atoms with Crippen molar-refractivity contribution in [3.8, 4) is 11.6 Å². The third-order valence-corrected chi connectivity index (χ3v) is 2.04. The van der Waals surface area contributed by atoms with Crippen LogP contribution in [0.4, 0.5) is 0 Å². The summed E-state index contributed by atoms with van der Waals surface area (Å²) in [6.45, 7) is 1.25. The van der Waals surface area contributed by atoms with E-state index >= 15 is 0 Å². The van der Waals surface area contributed by atoms with Crippen LogP contribution in [0, 0.1) is 0 Å². The Bertz CT molecular complexity index is 408. The first kappa shape index (κ1) is 10.8. The van der Waals surface area contributed by atoms with E-state index in [4.69, 9.17) is 15.4 Å². The molecule has 2 heterocycles. The van der Waals surface area contributed by atoms with Gasteiger partial charge in [0.25, 0.3) is 5.89 Å². The van der Waals surface area contributed by atoms with Crippen LogP contribution in [-0.2, 0) is 13.0 Å². The summed E-state index contributed by atoms with van der Waals surface area (Å²) >= 11 is 0. The highest BCUT2D eigenvalue weighted by atomic mass is 16.5. The SMILES string of the molecule is NCCn1cnc(-c2nc(CCO)no2)c1. The third kappa shape index (κ3) is 2.26. The molecule has 0 fully saturated rings. The number of aliphatic hydroxyl groups is 1. The van der Waals surface area contributed by atoms with Crippen molar-refractivity contribution >= 4 is 0 Å². The van der Waals surface area contributed by atoms with Crippen molar-refractivity contribution in [3.63, 3.8) is 0 Å². The Morgan fingerprint density at radius 1 is 1.50 bits per heavy atom. The Morgan fingerprint density at radius 2 is 2.38 bits per heavy atom. The number of rotatable bonds is 5. The molecule has 0 saturated carbocycles. The van der Waals surface area contributed by atoms with Crippen molar-refractivity contribution in [1.82, 2.24) is 19.7 Å². The Labute approximate surface area is 91.9 Å². The maximum atomic E-state index is 8.72. The van der Waals surface area contributed by atoms with Gasteiger partial charge in [0, 0.05) is 25.7 Å². The van der Waals surface area contributed by atoms with E-state index in [1.165, 1.54) is 0 Å². The zero-order valence-corrected chi connectivity index (χ0v) is 8.70. The van der Waals surface area contributed by atoms with Gasteiger partial charge >= 0.3 is 0 Å². The van der Waals surface area contributed by atoms with Gasteiger partial charge in [-0.1, -0.05) is 5.16 Å². The molecule has 0 aliphatic rings. The number of aromatic nitrogens is 4.